The van der Waals surface area contributed by atoms with E-state index in [0.717, 1.165) is 31.6 Å². The average Bonchev–Trinajstić information content (AvgIpc) is 1.99. The fraction of sp³-hybridized carbons (Fsp3) is 0.900. The fourth-order valence-electron chi connectivity index (χ4n) is 3.57. The van der Waals surface area contributed by atoms with E-state index in [4.69, 9.17) is 0 Å². The van der Waals surface area contributed by atoms with Gasteiger partial charge in [0.05, 0.1) is 0 Å². The Bertz CT molecular complexity index is 180. The average molecular weight is 167 g/mol. The Morgan fingerprint density at radius 2 is 1.58 bits per heavy atom. The quantitative estimate of drug-likeness (QED) is 0.530. The highest BCUT2D eigenvalue weighted by molar-refractivity contribution is 5.13. The van der Waals surface area contributed by atoms with Gasteiger partial charge in [-0.25, -0.2) is 0 Å². The number of aliphatic hydroxyl groups is 2. The van der Waals surface area contributed by atoms with Gasteiger partial charge in [-0.05, 0) is 43.9 Å². The zero-order valence-corrected chi connectivity index (χ0v) is 7.16. The van der Waals surface area contributed by atoms with E-state index >= 15 is 0 Å². The smallest absolute Gasteiger partial charge is 0.168 e. The van der Waals surface area contributed by atoms with E-state index in [0.29, 0.717) is 0 Å². The molecule has 4 aliphatic rings. The van der Waals surface area contributed by atoms with Crippen molar-refractivity contribution in [1.29, 1.82) is 0 Å². The highest BCUT2D eigenvalue weighted by Crippen LogP contribution is 2.58. The van der Waals surface area contributed by atoms with Crippen LogP contribution in [0.15, 0.2) is 0 Å². The molecular formula is C10H15O2. The molecule has 2 heteroatoms. The van der Waals surface area contributed by atoms with E-state index < -0.39 is 5.79 Å². The third-order valence-electron chi connectivity index (χ3n) is 4.08. The lowest BCUT2D eigenvalue weighted by Gasteiger charge is -2.56. The monoisotopic (exact) mass is 167 g/mol. The molecule has 0 saturated heterocycles. The van der Waals surface area contributed by atoms with Crippen molar-refractivity contribution in [3.63, 3.8) is 0 Å². The van der Waals surface area contributed by atoms with E-state index in [-0.39, 0.29) is 11.8 Å². The molecule has 0 aromatic rings. The highest BCUT2D eigenvalue weighted by Gasteiger charge is 2.55. The summed E-state index contributed by atoms with van der Waals surface area (Å²) in [5.74, 6) is 1.40. The summed E-state index contributed by atoms with van der Waals surface area (Å²) in [6, 6.07) is 0. The van der Waals surface area contributed by atoms with Gasteiger partial charge >= 0.3 is 0 Å². The van der Waals surface area contributed by atoms with Crippen molar-refractivity contribution < 1.29 is 10.2 Å². The first kappa shape index (κ1) is 7.34. The third kappa shape index (κ3) is 0.775. The van der Waals surface area contributed by atoms with Crippen LogP contribution in [-0.4, -0.2) is 16.0 Å². The molecule has 2 atom stereocenters. The lowest BCUT2D eigenvalue weighted by atomic mass is 9.53. The van der Waals surface area contributed by atoms with Gasteiger partial charge in [0.1, 0.15) is 0 Å². The number of rotatable bonds is 0. The summed E-state index contributed by atoms with van der Waals surface area (Å²) in [6.45, 7) is 0. The van der Waals surface area contributed by atoms with Gasteiger partial charge in [-0.2, -0.15) is 0 Å². The lowest BCUT2D eigenvalue weighted by Crippen LogP contribution is -2.57. The van der Waals surface area contributed by atoms with Gasteiger partial charge in [0.15, 0.2) is 5.79 Å². The van der Waals surface area contributed by atoms with Gasteiger partial charge in [0.25, 0.3) is 0 Å². The Labute approximate surface area is 72.6 Å². The zero-order valence-electron chi connectivity index (χ0n) is 7.16. The van der Waals surface area contributed by atoms with Crippen LogP contribution in [0, 0.1) is 23.7 Å². The molecule has 67 valence electrons. The molecule has 0 aliphatic heterocycles. The van der Waals surface area contributed by atoms with Crippen molar-refractivity contribution in [1.82, 2.24) is 0 Å². The third-order valence-corrected chi connectivity index (χ3v) is 4.08. The number of hydrogen-bond donors (Lipinski definition) is 2. The second kappa shape index (κ2) is 2.05. The van der Waals surface area contributed by atoms with Crippen LogP contribution in [0.3, 0.4) is 0 Å². The predicted octanol–water partition coefficient (Wildman–Crippen LogP) is 1.08. The van der Waals surface area contributed by atoms with Gasteiger partial charge in [-0.1, -0.05) is 0 Å². The molecule has 2 N–H and O–H groups in total. The van der Waals surface area contributed by atoms with E-state index in [2.05, 4.69) is 0 Å². The van der Waals surface area contributed by atoms with Gasteiger partial charge in [-0.15, -0.1) is 0 Å². The van der Waals surface area contributed by atoms with E-state index in [9.17, 15) is 10.2 Å². The fourth-order valence-corrected chi connectivity index (χ4v) is 3.57. The van der Waals surface area contributed by atoms with Crippen LogP contribution in [0.2, 0.25) is 0 Å². The largest absolute Gasteiger partial charge is 0.365 e. The molecule has 4 rings (SSSR count). The molecule has 1 radical (unpaired) electrons. The molecule has 0 amide bonds. The molecule has 12 heavy (non-hydrogen) atoms. The second-order valence-electron chi connectivity index (χ2n) is 4.88. The Balaban J connectivity index is 1.96. The maximum atomic E-state index is 9.83. The maximum Gasteiger partial charge on any atom is 0.168 e. The van der Waals surface area contributed by atoms with Crippen LogP contribution in [0.4, 0.5) is 0 Å². The summed E-state index contributed by atoms with van der Waals surface area (Å²) in [4.78, 5) is 0. The highest BCUT2D eigenvalue weighted by atomic mass is 16.5. The summed E-state index contributed by atoms with van der Waals surface area (Å²) in [5.41, 5.74) is 0. The molecular weight excluding hydrogens is 152 g/mol. The summed E-state index contributed by atoms with van der Waals surface area (Å²) in [5, 5.41) is 19.7. The lowest BCUT2D eigenvalue weighted by molar-refractivity contribution is -0.277. The zero-order chi connectivity index (χ0) is 8.34. The van der Waals surface area contributed by atoms with Crippen molar-refractivity contribution in [2.24, 2.45) is 17.8 Å². The first-order valence-electron chi connectivity index (χ1n) is 4.94. The molecule has 4 saturated carbocycles. The minimum Gasteiger partial charge on any atom is -0.365 e. The van der Waals surface area contributed by atoms with Crippen molar-refractivity contribution in [3.8, 4) is 0 Å². The predicted molar refractivity (Wildman–Crippen MR) is 44.0 cm³/mol. The topological polar surface area (TPSA) is 40.5 Å². The molecule has 4 bridgehead atoms. The van der Waals surface area contributed by atoms with Gasteiger partial charge in [-0.3, -0.25) is 0 Å². The minimum absolute atomic E-state index is 0.166. The molecule has 0 spiro atoms. The van der Waals surface area contributed by atoms with E-state index in [1.807, 2.05) is 0 Å². The van der Waals surface area contributed by atoms with Crippen LogP contribution < -0.4 is 0 Å². The Morgan fingerprint density at radius 1 is 1.00 bits per heavy atom. The standard InChI is InChI=1S/C10H15O2/c11-10(12)8-2-6-1-7(4-8)5-9(10)3-6/h6,8-9,11-12H,1-5H2. The SMILES string of the molecule is OC1(O)C2C[C]3CC(C2)CC1C3. The Hall–Kier alpha value is -0.0800. The van der Waals surface area contributed by atoms with Crippen LogP contribution in [0.5, 0.6) is 0 Å². The van der Waals surface area contributed by atoms with Crippen molar-refractivity contribution in [2.45, 2.75) is 37.9 Å². The first-order valence-corrected chi connectivity index (χ1v) is 4.94. The molecule has 2 unspecified atom stereocenters. The first-order chi connectivity index (χ1) is 5.66. The normalized spacial score (nSPS) is 50.0. The Kier molecular flexibility index (Phi) is 1.25. The molecule has 4 aliphatic carbocycles. The van der Waals surface area contributed by atoms with Crippen molar-refractivity contribution in [2.75, 3.05) is 0 Å². The molecule has 4 fully saturated rings. The van der Waals surface area contributed by atoms with Crippen molar-refractivity contribution >= 4 is 0 Å². The summed E-state index contributed by atoms with van der Waals surface area (Å²) in [6.07, 6.45) is 5.35. The van der Waals surface area contributed by atoms with Gasteiger partial charge in [0, 0.05) is 11.8 Å². The number of hydrogen-bond acceptors (Lipinski definition) is 2. The van der Waals surface area contributed by atoms with Crippen LogP contribution in [-0.2, 0) is 0 Å². The van der Waals surface area contributed by atoms with Crippen LogP contribution in [0.25, 0.3) is 0 Å². The molecule has 2 nitrogen and oxygen atoms in total. The molecule has 0 heterocycles. The minimum atomic E-state index is -1.32. The molecule has 0 aromatic heterocycles. The van der Waals surface area contributed by atoms with Crippen molar-refractivity contribution in [3.05, 3.63) is 5.92 Å². The van der Waals surface area contributed by atoms with E-state index in [1.165, 1.54) is 6.42 Å². The van der Waals surface area contributed by atoms with Gasteiger partial charge < -0.3 is 10.2 Å². The summed E-state index contributed by atoms with van der Waals surface area (Å²) in [7, 11) is 0. The second-order valence-corrected chi connectivity index (χ2v) is 4.88. The maximum absolute atomic E-state index is 9.83. The van der Waals surface area contributed by atoms with Crippen LogP contribution in [0.1, 0.15) is 32.1 Å². The summed E-state index contributed by atoms with van der Waals surface area (Å²) >= 11 is 0. The van der Waals surface area contributed by atoms with E-state index in [1.54, 1.807) is 5.92 Å². The summed E-state index contributed by atoms with van der Waals surface area (Å²) < 4.78 is 0. The van der Waals surface area contributed by atoms with Crippen LogP contribution >= 0.6 is 0 Å². The molecule has 0 aromatic carbocycles. The Morgan fingerprint density at radius 3 is 2.08 bits per heavy atom. The van der Waals surface area contributed by atoms with Gasteiger partial charge in [0.2, 0.25) is 0 Å².